The monoisotopic (exact) mass is 421 g/mol. The zero-order chi connectivity index (χ0) is 21.3. The lowest BCUT2D eigenvalue weighted by Crippen LogP contribution is -2.27. The molecule has 2 heterocycles. The highest BCUT2D eigenvalue weighted by Crippen LogP contribution is 2.26. The molecule has 0 aliphatic carbocycles. The van der Waals surface area contributed by atoms with Crippen molar-refractivity contribution in [2.24, 2.45) is 7.05 Å². The minimum absolute atomic E-state index is 0.0433. The number of imidazole rings is 1. The predicted molar refractivity (Wildman–Crippen MR) is 116 cm³/mol. The Morgan fingerprint density at radius 1 is 0.967 bits per heavy atom. The summed E-state index contributed by atoms with van der Waals surface area (Å²) in [7, 11) is -0.389. The van der Waals surface area contributed by atoms with Crippen molar-refractivity contribution >= 4 is 10.0 Å². The van der Waals surface area contributed by atoms with Crippen LogP contribution in [-0.2, 0) is 23.6 Å². The smallest absolute Gasteiger partial charge is 0.262 e. The Bertz CT molecular complexity index is 1240. The average molecular weight is 422 g/mol. The molecule has 0 N–H and O–H groups in total. The van der Waals surface area contributed by atoms with Crippen LogP contribution in [0.25, 0.3) is 16.9 Å². The maximum Gasteiger partial charge on any atom is 0.262 e. The van der Waals surface area contributed by atoms with Crippen LogP contribution in [0.4, 0.5) is 0 Å². The molecule has 4 rings (SSSR count). The summed E-state index contributed by atoms with van der Waals surface area (Å²) in [4.78, 5) is 4.19. The van der Waals surface area contributed by atoms with Gasteiger partial charge in [-0.25, -0.2) is 18.1 Å². The Labute approximate surface area is 176 Å². The first-order valence-electron chi connectivity index (χ1n) is 9.52. The summed E-state index contributed by atoms with van der Waals surface area (Å²) in [5.74, 6) is 0.642. The van der Waals surface area contributed by atoms with Crippen molar-refractivity contribution in [3.8, 4) is 16.9 Å². The predicted octanol–water partition coefficient (Wildman–Crippen LogP) is 3.40. The second-order valence-corrected chi connectivity index (χ2v) is 9.14. The largest absolute Gasteiger partial charge is 0.337 e. The first-order valence-corrected chi connectivity index (χ1v) is 11.0. The lowest BCUT2D eigenvalue weighted by atomic mass is 10.1. The fraction of sp³-hybridized carbons (Fsp3) is 0.182. The molecule has 0 atom stereocenters. The highest BCUT2D eigenvalue weighted by atomic mass is 32.2. The number of para-hydroxylation sites is 1. The third-order valence-electron chi connectivity index (χ3n) is 5.01. The van der Waals surface area contributed by atoms with E-state index in [4.69, 9.17) is 5.10 Å². The number of benzene rings is 2. The molecule has 0 aliphatic heterocycles. The average Bonchev–Trinajstić information content (AvgIpc) is 3.33. The number of aryl methyl sites for hydroxylation is 2. The molecule has 0 bridgehead atoms. The van der Waals surface area contributed by atoms with Crippen LogP contribution in [0, 0.1) is 6.92 Å². The van der Waals surface area contributed by atoms with E-state index in [2.05, 4.69) is 4.98 Å². The summed E-state index contributed by atoms with van der Waals surface area (Å²) in [6, 6.07) is 19.5. The van der Waals surface area contributed by atoms with Crippen LogP contribution < -0.4 is 0 Å². The van der Waals surface area contributed by atoms with Gasteiger partial charge in [-0.05, 0) is 19.1 Å². The van der Waals surface area contributed by atoms with E-state index in [1.807, 2.05) is 66.9 Å². The maximum absolute atomic E-state index is 13.0. The van der Waals surface area contributed by atoms with Gasteiger partial charge in [-0.2, -0.15) is 9.40 Å². The molecule has 2 aromatic heterocycles. The van der Waals surface area contributed by atoms with Crippen molar-refractivity contribution in [3.05, 3.63) is 84.4 Å². The van der Waals surface area contributed by atoms with Crippen molar-refractivity contribution < 1.29 is 8.42 Å². The van der Waals surface area contributed by atoms with Crippen LogP contribution in [0.3, 0.4) is 0 Å². The van der Waals surface area contributed by atoms with E-state index in [1.165, 1.54) is 10.5 Å². The van der Waals surface area contributed by atoms with Crippen LogP contribution in [0.5, 0.6) is 0 Å². The Morgan fingerprint density at radius 3 is 2.20 bits per heavy atom. The topological polar surface area (TPSA) is 73.0 Å². The Morgan fingerprint density at radius 2 is 1.60 bits per heavy atom. The maximum atomic E-state index is 13.0. The first kappa shape index (κ1) is 20.1. The van der Waals surface area contributed by atoms with E-state index in [1.54, 1.807) is 30.3 Å². The third-order valence-corrected chi connectivity index (χ3v) is 6.69. The standard InChI is InChI=1S/C22H23N5O2S/c1-17-23-21(16-25(17)2)30(28,29)26(3)14-19-15-27(20-12-8-5-9-13-20)24-22(19)18-10-6-4-7-11-18/h4-13,15-16H,14H2,1-3H3. The molecule has 4 aromatic rings. The zero-order valence-corrected chi connectivity index (χ0v) is 17.9. The minimum Gasteiger partial charge on any atom is -0.337 e. The molecule has 2 aromatic carbocycles. The van der Waals surface area contributed by atoms with E-state index in [0.717, 1.165) is 22.5 Å². The van der Waals surface area contributed by atoms with Crippen molar-refractivity contribution in [2.45, 2.75) is 18.5 Å². The van der Waals surface area contributed by atoms with Gasteiger partial charge in [0.15, 0.2) is 5.03 Å². The summed E-state index contributed by atoms with van der Waals surface area (Å²) in [5, 5.41) is 4.80. The quantitative estimate of drug-likeness (QED) is 0.478. The molecule has 154 valence electrons. The fourth-order valence-electron chi connectivity index (χ4n) is 3.21. The summed E-state index contributed by atoms with van der Waals surface area (Å²) >= 11 is 0. The fourth-order valence-corrected chi connectivity index (χ4v) is 4.38. The summed E-state index contributed by atoms with van der Waals surface area (Å²) in [6.07, 6.45) is 3.42. The molecular weight excluding hydrogens is 398 g/mol. The van der Waals surface area contributed by atoms with Gasteiger partial charge in [0.1, 0.15) is 5.82 Å². The Hall–Kier alpha value is -3.23. The molecule has 7 nitrogen and oxygen atoms in total. The molecule has 0 aliphatic rings. The number of sulfonamides is 1. The molecule has 30 heavy (non-hydrogen) atoms. The van der Waals surface area contributed by atoms with Gasteiger partial charge in [0, 0.05) is 44.2 Å². The molecule has 0 fully saturated rings. The molecule has 0 spiro atoms. The molecule has 0 unspecified atom stereocenters. The minimum atomic E-state index is -3.73. The van der Waals surface area contributed by atoms with Crippen molar-refractivity contribution in [1.82, 2.24) is 23.6 Å². The highest BCUT2D eigenvalue weighted by Gasteiger charge is 2.26. The van der Waals surface area contributed by atoms with Gasteiger partial charge in [0.25, 0.3) is 10.0 Å². The Balaban J connectivity index is 1.73. The van der Waals surface area contributed by atoms with Gasteiger partial charge < -0.3 is 4.57 Å². The van der Waals surface area contributed by atoms with Gasteiger partial charge in [-0.3, -0.25) is 0 Å². The van der Waals surface area contributed by atoms with Crippen molar-refractivity contribution in [2.75, 3.05) is 7.05 Å². The lowest BCUT2D eigenvalue weighted by Gasteiger charge is -2.15. The van der Waals surface area contributed by atoms with E-state index < -0.39 is 10.0 Å². The van der Waals surface area contributed by atoms with Crippen molar-refractivity contribution in [3.63, 3.8) is 0 Å². The highest BCUT2D eigenvalue weighted by molar-refractivity contribution is 7.89. The number of rotatable bonds is 6. The summed E-state index contributed by atoms with van der Waals surface area (Å²) in [5.41, 5.74) is 3.40. The molecule has 8 heteroatoms. The van der Waals surface area contributed by atoms with Gasteiger partial charge in [0.2, 0.25) is 0 Å². The van der Waals surface area contributed by atoms with E-state index in [0.29, 0.717) is 5.82 Å². The SMILES string of the molecule is Cc1nc(S(=O)(=O)N(C)Cc2cn(-c3ccccc3)nc2-c2ccccc2)cn1C. The second-order valence-electron chi connectivity index (χ2n) is 7.15. The van der Waals surface area contributed by atoms with Crippen LogP contribution >= 0.6 is 0 Å². The van der Waals surface area contributed by atoms with Gasteiger partial charge in [0.05, 0.1) is 11.4 Å². The molecular formula is C22H23N5O2S. The lowest BCUT2D eigenvalue weighted by molar-refractivity contribution is 0.464. The second kappa shape index (κ2) is 7.89. The van der Waals surface area contributed by atoms with Gasteiger partial charge >= 0.3 is 0 Å². The molecule has 0 amide bonds. The summed E-state index contributed by atoms with van der Waals surface area (Å²) < 4.78 is 30.9. The van der Waals surface area contributed by atoms with E-state index in [9.17, 15) is 8.42 Å². The summed E-state index contributed by atoms with van der Waals surface area (Å²) in [6.45, 7) is 1.95. The van der Waals surface area contributed by atoms with Gasteiger partial charge in [-0.15, -0.1) is 0 Å². The molecule has 0 saturated carbocycles. The third kappa shape index (κ3) is 3.79. The van der Waals surface area contributed by atoms with Crippen LogP contribution in [0.15, 0.2) is 78.1 Å². The van der Waals surface area contributed by atoms with Gasteiger partial charge in [-0.1, -0.05) is 48.5 Å². The number of aromatic nitrogens is 4. The van der Waals surface area contributed by atoms with E-state index in [-0.39, 0.29) is 11.6 Å². The van der Waals surface area contributed by atoms with Crippen LogP contribution in [0.1, 0.15) is 11.4 Å². The van der Waals surface area contributed by atoms with Crippen LogP contribution in [-0.4, -0.2) is 39.1 Å². The molecule has 0 saturated heterocycles. The van der Waals surface area contributed by atoms with Crippen LogP contribution in [0.2, 0.25) is 0 Å². The number of nitrogens with zero attached hydrogens (tertiary/aromatic N) is 5. The Kier molecular flexibility index (Phi) is 5.27. The number of hydrogen-bond acceptors (Lipinski definition) is 4. The molecule has 0 radical (unpaired) electrons. The first-order chi connectivity index (χ1) is 14.4. The normalized spacial score (nSPS) is 11.9. The van der Waals surface area contributed by atoms with E-state index >= 15 is 0 Å². The number of hydrogen-bond donors (Lipinski definition) is 0. The zero-order valence-electron chi connectivity index (χ0n) is 17.1. The van der Waals surface area contributed by atoms with Crippen molar-refractivity contribution in [1.29, 1.82) is 0 Å².